The van der Waals surface area contributed by atoms with Gasteiger partial charge >= 0.3 is 0 Å². The van der Waals surface area contributed by atoms with Crippen LogP contribution in [0.1, 0.15) is 29.0 Å². The predicted octanol–water partition coefficient (Wildman–Crippen LogP) is 3.14. The third-order valence-electron chi connectivity index (χ3n) is 5.64. The number of piperidine rings is 1. The number of furan rings is 1. The highest BCUT2D eigenvalue weighted by molar-refractivity contribution is 7.89. The van der Waals surface area contributed by atoms with Gasteiger partial charge in [-0.2, -0.15) is 0 Å². The van der Waals surface area contributed by atoms with E-state index in [4.69, 9.17) is 4.42 Å². The first-order valence-electron chi connectivity index (χ1n) is 10.2. The van der Waals surface area contributed by atoms with Crippen LogP contribution in [0.5, 0.6) is 0 Å². The molecule has 1 fully saturated rings. The Morgan fingerprint density at radius 2 is 1.74 bits per heavy atom. The van der Waals surface area contributed by atoms with Crippen LogP contribution >= 0.6 is 0 Å². The third-order valence-corrected chi connectivity index (χ3v) is 7.08. The van der Waals surface area contributed by atoms with E-state index in [0.717, 1.165) is 10.9 Å². The number of aryl methyl sites for hydroxylation is 1. The van der Waals surface area contributed by atoms with Crippen LogP contribution < -0.4 is 4.72 Å². The molecule has 1 amide bonds. The zero-order chi connectivity index (χ0) is 22.0. The lowest BCUT2D eigenvalue weighted by Crippen LogP contribution is -2.44. The van der Waals surface area contributed by atoms with Crippen molar-refractivity contribution in [3.63, 3.8) is 0 Å². The zero-order valence-corrected chi connectivity index (χ0v) is 18.0. The van der Waals surface area contributed by atoms with E-state index in [9.17, 15) is 18.0 Å². The van der Waals surface area contributed by atoms with Gasteiger partial charge < -0.3 is 9.32 Å². The Hall–Kier alpha value is -2.97. The van der Waals surface area contributed by atoms with Crippen LogP contribution in [0, 0.1) is 12.8 Å². The maximum Gasteiger partial charge on any atom is 0.298 e. The molecule has 0 aliphatic carbocycles. The number of amides is 1. The molecule has 1 aliphatic heterocycles. The number of ketones is 1. The second kappa shape index (κ2) is 8.64. The molecule has 0 saturated carbocycles. The van der Waals surface area contributed by atoms with Gasteiger partial charge in [0.1, 0.15) is 5.58 Å². The SMILES string of the molecule is Cc1ccc(S(=O)(=O)NCC2CCN(C(=O)C(=O)c3cc4ccccc4o3)CC2)cc1. The van der Waals surface area contributed by atoms with Crippen molar-refractivity contribution in [3.8, 4) is 0 Å². The lowest BCUT2D eigenvalue weighted by molar-refractivity contribution is -0.127. The van der Waals surface area contributed by atoms with Gasteiger partial charge in [0.25, 0.3) is 11.7 Å². The molecule has 7 nitrogen and oxygen atoms in total. The minimum atomic E-state index is -3.57. The van der Waals surface area contributed by atoms with E-state index in [-0.39, 0.29) is 16.6 Å². The zero-order valence-electron chi connectivity index (χ0n) is 17.2. The monoisotopic (exact) mass is 440 g/mol. The Balaban J connectivity index is 1.31. The van der Waals surface area contributed by atoms with Gasteiger partial charge in [-0.15, -0.1) is 0 Å². The lowest BCUT2D eigenvalue weighted by atomic mass is 9.97. The topological polar surface area (TPSA) is 96.7 Å². The highest BCUT2D eigenvalue weighted by Crippen LogP contribution is 2.22. The third kappa shape index (κ3) is 4.70. The van der Waals surface area contributed by atoms with Crippen molar-refractivity contribution < 1.29 is 22.4 Å². The van der Waals surface area contributed by atoms with Gasteiger partial charge in [0.2, 0.25) is 10.0 Å². The van der Waals surface area contributed by atoms with Crippen LogP contribution in [-0.4, -0.2) is 44.6 Å². The van der Waals surface area contributed by atoms with Crippen molar-refractivity contribution in [1.82, 2.24) is 9.62 Å². The van der Waals surface area contributed by atoms with E-state index in [1.165, 1.54) is 4.90 Å². The minimum Gasteiger partial charge on any atom is -0.452 e. The fraction of sp³-hybridized carbons (Fsp3) is 0.304. The molecular weight excluding hydrogens is 416 g/mol. The normalized spacial score (nSPS) is 15.3. The molecule has 1 saturated heterocycles. The highest BCUT2D eigenvalue weighted by atomic mass is 32.2. The maximum atomic E-state index is 12.6. The number of benzene rings is 2. The number of carbonyl (C=O) groups excluding carboxylic acids is 2. The first-order chi connectivity index (χ1) is 14.8. The van der Waals surface area contributed by atoms with Crippen LogP contribution in [0.25, 0.3) is 11.0 Å². The van der Waals surface area contributed by atoms with Crippen LogP contribution in [0.3, 0.4) is 0 Å². The van der Waals surface area contributed by atoms with Gasteiger partial charge in [0, 0.05) is 25.0 Å². The molecular formula is C23H24N2O5S. The smallest absolute Gasteiger partial charge is 0.298 e. The Morgan fingerprint density at radius 3 is 2.42 bits per heavy atom. The summed E-state index contributed by atoms with van der Waals surface area (Å²) >= 11 is 0. The highest BCUT2D eigenvalue weighted by Gasteiger charge is 2.30. The summed E-state index contributed by atoms with van der Waals surface area (Å²) in [5, 5.41) is 0.776. The van der Waals surface area contributed by atoms with Crippen LogP contribution in [0.2, 0.25) is 0 Å². The summed E-state index contributed by atoms with van der Waals surface area (Å²) in [4.78, 5) is 26.9. The van der Waals surface area contributed by atoms with Crippen molar-refractivity contribution in [2.45, 2.75) is 24.7 Å². The molecule has 1 aromatic heterocycles. The number of Topliss-reactive ketones (excluding diaryl/α,β-unsaturated/α-hetero) is 1. The first-order valence-corrected chi connectivity index (χ1v) is 11.7. The molecule has 0 bridgehead atoms. The predicted molar refractivity (Wildman–Crippen MR) is 116 cm³/mol. The number of carbonyl (C=O) groups is 2. The molecule has 0 atom stereocenters. The Bertz CT molecular complexity index is 1170. The minimum absolute atomic E-state index is 0.0409. The van der Waals surface area contributed by atoms with Gasteiger partial charge in [-0.1, -0.05) is 35.9 Å². The molecule has 1 N–H and O–H groups in total. The van der Waals surface area contributed by atoms with Crippen molar-refractivity contribution >= 4 is 32.7 Å². The quantitative estimate of drug-likeness (QED) is 0.469. The molecule has 2 heterocycles. The molecule has 0 radical (unpaired) electrons. The number of para-hydroxylation sites is 1. The second-order valence-corrected chi connectivity index (χ2v) is 9.65. The molecule has 8 heteroatoms. The van der Waals surface area contributed by atoms with E-state index < -0.39 is 21.7 Å². The number of nitrogens with one attached hydrogen (secondary N) is 1. The summed E-state index contributed by atoms with van der Waals surface area (Å²) in [5.74, 6) is -1.10. The van der Waals surface area contributed by atoms with Crippen molar-refractivity contribution in [2.24, 2.45) is 5.92 Å². The maximum absolute atomic E-state index is 12.6. The number of likely N-dealkylation sites (tertiary alicyclic amines) is 1. The van der Waals surface area contributed by atoms with Crippen molar-refractivity contribution in [2.75, 3.05) is 19.6 Å². The summed E-state index contributed by atoms with van der Waals surface area (Å²) in [6, 6.07) is 15.5. The molecule has 31 heavy (non-hydrogen) atoms. The molecule has 0 spiro atoms. The van der Waals surface area contributed by atoms with Gasteiger partial charge in [-0.3, -0.25) is 9.59 Å². The van der Waals surface area contributed by atoms with Gasteiger partial charge in [0.15, 0.2) is 5.76 Å². The number of rotatable bonds is 6. The largest absolute Gasteiger partial charge is 0.452 e. The number of fused-ring (bicyclic) bond motifs is 1. The number of hydrogen-bond acceptors (Lipinski definition) is 5. The molecule has 1 aliphatic rings. The fourth-order valence-corrected chi connectivity index (χ4v) is 4.83. The van der Waals surface area contributed by atoms with Crippen LogP contribution in [-0.2, 0) is 14.8 Å². The Kier molecular flexibility index (Phi) is 5.93. The Morgan fingerprint density at radius 1 is 1.06 bits per heavy atom. The van der Waals surface area contributed by atoms with Crippen LogP contribution in [0.4, 0.5) is 0 Å². The fourth-order valence-electron chi connectivity index (χ4n) is 3.71. The van der Waals surface area contributed by atoms with Crippen molar-refractivity contribution in [1.29, 1.82) is 0 Å². The molecule has 2 aromatic carbocycles. The molecule has 0 unspecified atom stereocenters. The van der Waals surface area contributed by atoms with Crippen molar-refractivity contribution in [3.05, 3.63) is 65.9 Å². The number of nitrogens with zero attached hydrogens (tertiary/aromatic N) is 1. The van der Waals surface area contributed by atoms with Gasteiger partial charge in [-0.05, 0) is 49.9 Å². The van der Waals surface area contributed by atoms with E-state index >= 15 is 0 Å². The van der Waals surface area contributed by atoms with E-state index in [2.05, 4.69) is 4.72 Å². The van der Waals surface area contributed by atoms with Crippen LogP contribution in [0.15, 0.2) is 63.9 Å². The first kappa shape index (κ1) is 21.3. The van der Waals surface area contributed by atoms with E-state index in [0.29, 0.717) is 38.1 Å². The van der Waals surface area contributed by atoms with E-state index in [1.54, 1.807) is 42.5 Å². The standard InChI is InChI=1S/C23H24N2O5S/c1-16-6-8-19(9-7-16)31(28,29)24-15-17-10-12-25(13-11-17)23(27)22(26)21-14-18-4-2-3-5-20(18)30-21/h2-9,14,17,24H,10-13,15H2,1H3. The summed E-state index contributed by atoms with van der Waals surface area (Å²) in [7, 11) is -3.57. The van der Waals surface area contributed by atoms with Gasteiger partial charge in [-0.25, -0.2) is 13.1 Å². The average Bonchev–Trinajstić information content (AvgIpc) is 3.22. The summed E-state index contributed by atoms with van der Waals surface area (Å²) in [6.07, 6.45) is 1.24. The Labute approximate surface area is 181 Å². The molecule has 3 aromatic rings. The lowest BCUT2D eigenvalue weighted by Gasteiger charge is -2.31. The molecule has 162 valence electrons. The number of sulfonamides is 1. The van der Waals surface area contributed by atoms with E-state index in [1.807, 2.05) is 19.1 Å². The summed E-state index contributed by atoms with van der Waals surface area (Å²) in [6.45, 7) is 3.01. The summed E-state index contributed by atoms with van der Waals surface area (Å²) in [5.41, 5.74) is 1.56. The van der Waals surface area contributed by atoms with Gasteiger partial charge in [0.05, 0.1) is 4.90 Å². The summed E-state index contributed by atoms with van der Waals surface area (Å²) < 4.78 is 33.1. The average molecular weight is 441 g/mol. The second-order valence-electron chi connectivity index (χ2n) is 7.88. The molecule has 4 rings (SSSR count). The number of hydrogen-bond donors (Lipinski definition) is 1.